The summed E-state index contributed by atoms with van der Waals surface area (Å²) in [5, 5.41) is 56.9. The first kappa shape index (κ1) is 71.3. The topological polar surface area (TPSA) is 175 Å². The Balaban J connectivity index is 2.71. The van der Waals surface area contributed by atoms with Crippen molar-refractivity contribution in [2.75, 3.05) is 13.2 Å². The molecule has 1 amide bonds. The Morgan fingerprint density at radius 1 is 0.532 bits per heavy atom. The molecule has 1 aliphatic heterocycles. The second-order valence-corrected chi connectivity index (χ2v) is 20.8. The van der Waals surface area contributed by atoms with Gasteiger partial charge in [0.1, 0.15) is 24.4 Å². The fraction of sp³-hybridized carbons (Fsp3) is 0.697. The number of rotatable bonds is 50. The van der Waals surface area contributed by atoms with E-state index in [0.717, 1.165) is 89.9 Å². The Morgan fingerprint density at radius 3 is 1.55 bits per heavy atom. The van der Waals surface area contributed by atoms with Crippen LogP contribution < -0.4 is 5.32 Å². The van der Waals surface area contributed by atoms with E-state index in [9.17, 15) is 35.1 Å². The van der Waals surface area contributed by atoms with Crippen molar-refractivity contribution in [3.63, 3.8) is 0 Å². The van der Waals surface area contributed by atoms with Crippen LogP contribution in [0, 0.1) is 0 Å². The van der Waals surface area contributed by atoms with Crippen molar-refractivity contribution in [2.24, 2.45) is 0 Å². The van der Waals surface area contributed by atoms with Crippen molar-refractivity contribution < 1.29 is 49.3 Å². The Labute approximate surface area is 468 Å². The molecule has 0 saturated carbocycles. The molecule has 1 heterocycles. The summed E-state index contributed by atoms with van der Waals surface area (Å²) in [6.45, 7) is 5.58. The zero-order valence-corrected chi connectivity index (χ0v) is 48.5. The highest BCUT2D eigenvalue weighted by Crippen LogP contribution is 2.26. The van der Waals surface area contributed by atoms with Gasteiger partial charge in [0.15, 0.2) is 12.4 Å². The highest BCUT2D eigenvalue weighted by Gasteiger charge is 2.47. The summed E-state index contributed by atoms with van der Waals surface area (Å²) >= 11 is 0. The van der Waals surface area contributed by atoms with Crippen LogP contribution in [0.1, 0.15) is 233 Å². The van der Waals surface area contributed by atoms with Crippen molar-refractivity contribution in [2.45, 2.75) is 282 Å². The predicted octanol–water partition coefficient (Wildman–Crippen LogP) is 14.5. The third-order valence-corrected chi connectivity index (χ3v) is 13.8. The normalized spacial score (nSPS) is 19.8. The molecule has 0 aliphatic carbocycles. The molecule has 77 heavy (non-hydrogen) atoms. The number of aliphatic hydroxyl groups excluding tert-OH is 5. The smallest absolute Gasteiger partial charge is 0.306 e. The van der Waals surface area contributed by atoms with Gasteiger partial charge in [0, 0.05) is 6.42 Å². The summed E-state index contributed by atoms with van der Waals surface area (Å²) in [5.41, 5.74) is 0. The molecule has 1 saturated heterocycles. The molecule has 0 radical (unpaired) electrons. The van der Waals surface area contributed by atoms with E-state index in [0.29, 0.717) is 12.8 Å². The van der Waals surface area contributed by atoms with Crippen molar-refractivity contribution in [3.8, 4) is 0 Å². The zero-order chi connectivity index (χ0) is 56.1. The van der Waals surface area contributed by atoms with Gasteiger partial charge in [-0.15, -0.1) is 0 Å². The van der Waals surface area contributed by atoms with Crippen LogP contribution in [-0.2, 0) is 23.8 Å². The summed E-state index contributed by atoms with van der Waals surface area (Å²) in [6, 6.07) is -1.05. The van der Waals surface area contributed by atoms with Crippen LogP contribution >= 0.6 is 0 Å². The van der Waals surface area contributed by atoms with Gasteiger partial charge in [-0.1, -0.05) is 252 Å². The molecule has 8 unspecified atom stereocenters. The van der Waals surface area contributed by atoms with Gasteiger partial charge in [-0.05, 0) is 83.5 Å². The van der Waals surface area contributed by atoms with Crippen LogP contribution in [0.2, 0.25) is 0 Å². The summed E-state index contributed by atoms with van der Waals surface area (Å²) in [7, 11) is 0. The molecule has 1 fully saturated rings. The number of carbonyl (C=O) groups excluding carboxylic acids is 2. The van der Waals surface area contributed by atoms with Crippen LogP contribution in [0.25, 0.3) is 0 Å². The van der Waals surface area contributed by atoms with Gasteiger partial charge in [0.05, 0.1) is 25.4 Å². The van der Waals surface area contributed by atoms with Crippen LogP contribution in [0.3, 0.4) is 0 Å². The first-order valence-electron chi connectivity index (χ1n) is 30.7. The standard InChI is InChI=1S/C66H111NO10/c1-4-7-10-13-16-19-22-25-27-28-29-30-31-32-33-36-39-42-45-48-51-54-61(71)77-64-63(73)62(72)60(55-68)76-66(64)75-56-57(58(69)52-49-46-43-40-37-34-24-21-18-15-12-9-6-3)67-65(74)59(70)53-50-47-44-41-38-35-26-23-20-17-14-11-8-5-2/h8,11,14,16-17,19-20,23,25-27,29-30,35,38,41,49,52,57-60,62-64,66,68-70,72-73H,4-7,9-10,12-13,15,18,21-22,24,28,31-34,36-37,39-40,42-48,50-51,53-56H2,1-3H3,(H,67,74)/b11-8+,17-14+,19-16-,23-20-,27-25-,30-29-,35-26-,41-38+,52-49+. The predicted molar refractivity (Wildman–Crippen MR) is 319 cm³/mol. The maximum Gasteiger partial charge on any atom is 0.306 e. The van der Waals surface area contributed by atoms with Gasteiger partial charge < -0.3 is 45.1 Å². The van der Waals surface area contributed by atoms with E-state index < -0.39 is 67.4 Å². The van der Waals surface area contributed by atoms with Crippen molar-refractivity contribution in [1.82, 2.24) is 5.32 Å². The molecule has 440 valence electrons. The summed E-state index contributed by atoms with van der Waals surface area (Å²) in [6.07, 6.45) is 61.2. The lowest BCUT2D eigenvalue weighted by Gasteiger charge is -2.41. The maximum atomic E-state index is 13.4. The Bertz CT molecular complexity index is 1660. The number of amides is 1. The molecule has 1 rings (SSSR count). The fourth-order valence-corrected chi connectivity index (χ4v) is 8.91. The number of hydrogen-bond acceptors (Lipinski definition) is 10. The highest BCUT2D eigenvalue weighted by molar-refractivity contribution is 5.80. The molecule has 1 aliphatic rings. The quantitative estimate of drug-likeness (QED) is 0.0149. The first-order chi connectivity index (χ1) is 37.7. The minimum absolute atomic E-state index is 0.104. The van der Waals surface area contributed by atoms with Gasteiger partial charge in [0.25, 0.3) is 0 Å². The summed E-state index contributed by atoms with van der Waals surface area (Å²) in [5.74, 6) is -1.25. The molecule has 6 N–H and O–H groups in total. The van der Waals surface area contributed by atoms with Crippen molar-refractivity contribution >= 4 is 11.9 Å². The highest BCUT2D eigenvalue weighted by atomic mass is 16.7. The summed E-state index contributed by atoms with van der Waals surface area (Å²) in [4.78, 5) is 26.5. The number of ether oxygens (including phenoxy) is 3. The van der Waals surface area contributed by atoms with Gasteiger partial charge in [-0.3, -0.25) is 9.59 Å². The van der Waals surface area contributed by atoms with Gasteiger partial charge >= 0.3 is 5.97 Å². The zero-order valence-electron chi connectivity index (χ0n) is 48.5. The number of allylic oxidation sites excluding steroid dienone is 17. The lowest BCUT2D eigenvalue weighted by atomic mass is 9.99. The fourth-order valence-electron chi connectivity index (χ4n) is 8.91. The number of unbranched alkanes of at least 4 members (excludes halogenated alkanes) is 24. The molecular weight excluding hydrogens is 967 g/mol. The van der Waals surface area contributed by atoms with Crippen molar-refractivity contribution in [3.05, 3.63) is 109 Å². The molecule has 0 aromatic rings. The van der Waals surface area contributed by atoms with Crippen LogP contribution in [0.15, 0.2) is 109 Å². The number of esters is 1. The summed E-state index contributed by atoms with van der Waals surface area (Å²) < 4.78 is 17.6. The van der Waals surface area contributed by atoms with Gasteiger partial charge in [0.2, 0.25) is 5.91 Å². The average Bonchev–Trinajstić information content (AvgIpc) is 3.43. The average molecular weight is 1080 g/mol. The van der Waals surface area contributed by atoms with E-state index in [1.54, 1.807) is 6.08 Å². The molecule has 8 atom stereocenters. The number of aliphatic hydroxyl groups is 5. The Hall–Kier alpha value is -3.68. The van der Waals surface area contributed by atoms with E-state index in [1.165, 1.54) is 96.3 Å². The third kappa shape index (κ3) is 41.1. The molecule has 0 aromatic heterocycles. The monoisotopic (exact) mass is 1080 g/mol. The minimum Gasteiger partial charge on any atom is -0.454 e. The molecular formula is C66H111NO10. The Kier molecular flexibility index (Phi) is 49.1. The molecule has 0 spiro atoms. The second-order valence-electron chi connectivity index (χ2n) is 20.8. The first-order valence-corrected chi connectivity index (χ1v) is 30.7. The number of carbonyl (C=O) groups is 2. The minimum atomic E-state index is -1.63. The van der Waals surface area contributed by atoms with E-state index in [1.807, 2.05) is 60.8 Å². The van der Waals surface area contributed by atoms with E-state index in [4.69, 9.17) is 14.2 Å². The number of hydrogen-bond donors (Lipinski definition) is 6. The molecule has 11 heteroatoms. The molecule has 0 bridgehead atoms. The lowest BCUT2D eigenvalue weighted by Crippen LogP contribution is -2.61. The third-order valence-electron chi connectivity index (χ3n) is 13.8. The van der Waals surface area contributed by atoms with Gasteiger partial charge in [-0.25, -0.2) is 0 Å². The molecule has 0 aromatic carbocycles. The van der Waals surface area contributed by atoms with Crippen LogP contribution in [-0.4, -0.2) is 99.6 Å². The van der Waals surface area contributed by atoms with Crippen LogP contribution in [0.5, 0.6) is 0 Å². The molecule has 11 nitrogen and oxygen atoms in total. The van der Waals surface area contributed by atoms with E-state index in [-0.39, 0.29) is 19.4 Å². The SMILES string of the molecule is CC/C=C/C=C/C=C\C=C/C=C/CCCCC(O)C(=O)NC(COC1OC(CO)C(O)C(O)C1OC(=O)CCCCCCCCCC/C=C\C/C=C\C/C=C\CCCCC)C(O)/C=C/CCCCCCCCCCCCC. The second kappa shape index (κ2) is 53.0. The van der Waals surface area contributed by atoms with E-state index >= 15 is 0 Å². The number of nitrogens with one attached hydrogen (secondary N) is 1. The maximum absolute atomic E-state index is 13.4. The van der Waals surface area contributed by atoms with E-state index in [2.05, 4.69) is 68.6 Å². The van der Waals surface area contributed by atoms with Crippen LogP contribution in [0.4, 0.5) is 0 Å². The lowest BCUT2D eigenvalue weighted by molar-refractivity contribution is -0.305. The van der Waals surface area contributed by atoms with Gasteiger partial charge in [-0.2, -0.15) is 0 Å². The Morgan fingerprint density at radius 2 is 0.987 bits per heavy atom. The largest absolute Gasteiger partial charge is 0.454 e. The van der Waals surface area contributed by atoms with Crippen molar-refractivity contribution in [1.29, 1.82) is 0 Å².